The Kier molecular flexibility index (Phi) is 7.01. The minimum atomic E-state index is 0.0338. The molecule has 0 radical (unpaired) electrons. The molecule has 0 spiro atoms. The molecule has 2 aliphatic carbocycles. The molecule has 0 aliphatic heterocycles. The van der Waals surface area contributed by atoms with Gasteiger partial charge in [-0.15, -0.1) is 0 Å². The minimum Gasteiger partial charge on any atom is -0.0953 e. The molecule has 0 amide bonds. The van der Waals surface area contributed by atoms with E-state index < -0.39 is 0 Å². The van der Waals surface area contributed by atoms with Crippen molar-refractivity contribution >= 4 is 15.8 Å². The van der Waals surface area contributed by atoms with Crippen LogP contribution in [0.15, 0.2) is 0 Å². The third kappa shape index (κ3) is 5.72. The lowest BCUT2D eigenvalue weighted by Crippen LogP contribution is -2.36. The van der Waals surface area contributed by atoms with Crippen molar-refractivity contribution in [1.82, 2.24) is 0 Å². The topological polar surface area (TPSA) is 0 Å². The van der Waals surface area contributed by atoms with Crippen molar-refractivity contribution in [2.24, 2.45) is 23.7 Å². The number of hydrogen-bond donors (Lipinski definition) is 0. The first-order valence-corrected chi connectivity index (χ1v) is 14.5. The molecule has 2 heteroatoms. The van der Waals surface area contributed by atoms with Crippen molar-refractivity contribution in [1.29, 1.82) is 0 Å². The van der Waals surface area contributed by atoms with E-state index in [-0.39, 0.29) is 15.8 Å². The van der Waals surface area contributed by atoms with Gasteiger partial charge in [-0.3, -0.25) is 0 Å². The lowest BCUT2D eigenvalue weighted by Gasteiger charge is -2.48. The Balaban J connectivity index is 2.27. The molecule has 2 saturated carbocycles. The lowest BCUT2D eigenvalue weighted by atomic mass is 9.81. The van der Waals surface area contributed by atoms with Crippen molar-refractivity contribution in [2.45, 2.75) is 123 Å². The van der Waals surface area contributed by atoms with Crippen molar-refractivity contribution in [3.8, 4) is 0 Å². The van der Waals surface area contributed by atoms with E-state index in [0.717, 1.165) is 23.7 Å². The summed E-state index contributed by atoms with van der Waals surface area (Å²) in [4.78, 5) is 0. The highest BCUT2D eigenvalue weighted by molar-refractivity contribution is 7.61. The van der Waals surface area contributed by atoms with Crippen LogP contribution in [0.1, 0.15) is 102 Å². The first-order valence-electron chi connectivity index (χ1n) is 11.5. The predicted molar refractivity (Wildman–Crippen MR) is 130 cm³/mol. The van der Waals surface area contributed by atoms with Crippen LogP contribution < -0.4 is 0 Å². The van der Waals surface area contributed by atoms with Crippen LogP contribution in [-0.2, 0) is 0 Å². The average molecular weight is 413 g/mol. The van der Waals surface area contributed by atoms with Gasteiger partial charge in [-0.25, -0.2) is 0 Å². The van der Waals surface area contributed by atoms with Gasteiger partial charge >= 0.3 is 0 Å². The maximum absolute atomic E-state index is 2.52. The molecule has 4 unspecified atom stereocenters. The fraction of sp³-hybridized carbons (Fsp3) is 1.00. The van der Waals surface area contributed by atoms with E-state index in [4.69, 9.17) is 0 Å². The molecular weight excluding hydrogens is 362 g/mol. The number of fused-ring (bicyclic) bond motifs is 2. The molecule has 0 aromatic rings. The van der Waals surface area contributed by atoms with Crippen molar-refractivity contribution in [3.63, 3.8) is 0 Å². The van der Waals surface area contributed by atoms with Crippen LogP contribution in [0.5, 0.6) is 0 Å². The molecule has 2 bridgehead atoms. The summed E-state index contributed by atoms with van der Waals surface area (Å²) < 4.78 is 0. The van der Waals surface area contributed by atoms with E-state index in [0.29, 0.717) is 20.6 Å². The van der Waals surface area contributed by atoms with Crippen molar-refractivity contribution < 1.29 is 0 Å². The summed E-state index contributed by atoms with van der Waals surface area (Å²) in [5, 5.41) is 1.88. The Morgan fingerprint density at radius 3 is 1.00 bits per heavy atom. The summed E-state index contributed by atoms with van der Waals surface area (Å²) in [6, 6.07) is 0. The smallest absolute Gasteiger partial charge is 0.0175 e. The van der Waals surface area contributed by atoms with Gasteiger partial charge in [0, 0.05) is 0 Å². The molecule has 0 aromatic carbocycles. The van der Waals surface area contributed by atoms with Crippen LogP contribution in [0.4, 0.5) is 0 Å². The van der Waals surface area contributed by atoms with Crippen LogP contribution in [0, 0.1) is 23.7 Å². The molecule has 4 atom stereocenters. The summed E-state index contributed by atoms with van der Waals surface area (Å²) in [5.41, 5.74) is 0. The average Bonchev–Trinajstić information content (AvgIpc) is 2.97. The second-order valence-corrected chi connectivity index (χ2v) is 21.4. The van der Waals surface area contributed by atoms with Gasteiger partial charge in [0.25, 0.3) is 0 Å². The predicted octanol–water partition coefficient (Wildman–Crippen LogP) is 8.81. The highest BCUT2D eigenvalue weighted by Crippen LogP contribution is 2.68. The number of hydrogen-bond acceptors (Lipinski definition) is 0. The molecule has 0 nitrogen and oxygen atoms in total. The third-order valence-electron chi connectivity index (χ3n) is 7.30. The molecular formula is C25H50P2. The fourth-order valence-corrected chi connectivity index (χ4v) is 14.8. The van der Waals surface area contributed by atoms with Gasteiger partial charge in [0.2, 0.25) is 0 Å². The monoisotopic (exact) mass is 412 g/mol. The Labute approximate surface area is 174 Å². The molecule has 160 valence electrons. The summed E-state index contributed by atoms with van der Waals surface area (Å²) >= 11 is 0. The normalized spacial score (nSPS) is 30.0. The van der Waals surface area contributed by atoms with E-state index in [1.165, 1.54) is 25.2 Å². The standard InChI is InChI=1S/C25H50P2/c1-22(2,3)26(23(4,5)6)16-20-18-13-14-19(15-18)21(20)17-27(24(7,8)9)25(10,11)12/h18-21H,13-17H2,1-12H3. The Hall–Kier alpha value is 0.860. The van der Waals surface area contributed by atoms with Crippen LogP contribution in [0.25, 0.3) is 0 Å². The SMILES string of the molecule is CC(C)(C)P(CC1C2CCC(C2)C1CP(C(C)(C)C)C(C)(C)C)C(C)(C)C. The van der Waals surface area contributed by atoms with E-state index in [1.54, 1.807) is 6.42 Å². The van der Waals surface area contributed by atoms with Gasteiger partial charge in [-0.2, -0.15) is 0 Å². The maximum Gasteiger partial charge on any atom is -0.0175 e. The molecule has 0 aromatic heterocycles. The van der Waals surface area contributed by atoms with Gasteiger partial charge in [0.05, 0.1) is 0 Å². The molecule has 0 heterocycles. The Bertz CT molecular complexity index is 420. The van der Waals surface area contributed by atoms with Gasteiger partial charge in [-0.1, -0.05) is 98.9 Å². The summed E-state index contributed by atoms with van der Waals surface area (Å²) in [6.07, 6.45) is 7.69. The van der Waals surface area contributed by atoms with Gasteiger partial charge < -0.3 is 0 Å². The van der Waals surface area contributed by atoms with Gasteiger partial charge in [0.1, 0.15) is 0 Å². The van der Waals surface area contributed by atoms with E-state index in [1.807, 2.05) is 0 Å². The van der Waals surface area contributed by atoms with Crippen LogP contribution in [0.2, 0.25) is 0 Å². The highest BCUT2D eigenvalue weighted by atomic mass is 31.1. The fourth-order valence-electron chi connectivity index (χ4n) is 6.63. The zero-order valence-electron chi connectivity index (χ0n) is 20.7. The molecule has 2 aliphatic rings. The van der Waals surface area contributed by atoms with Crippen LogP contribution >= 0.6 is 15.8 Å². The van der Waals surface area contributed by atoms with Gasteiger partial charge in [0.15, 0.2) is 0 Å². The largest absolute Gasteiger partial charge is 0.0953 e. The Morgan fingerprint density at radius 1 is 0.519 bits per heavy atom. The first-order chi connectivity index (χ1) is 11.9. The minimum absolute atomic E-state index is 0.0338. The summed E-state index contributed by atoms with van der Waals surface area (Å²) in [7, 11) is 0.0677. The second-order valence-electron chi connectivity index (χ2n) is 13.6. The molecule has 0 saturated heterocycles. The highest BCUT2D eigenvalue weighted by Gasteiger charge is 2.51. The zero-order chi connectivity index (χ0) is 21.0. The molecule has 2 rings (SSSR count). The van der Waals surface area contributed by atoms with Crippen molar-refractivity contribution in [3.05, 3.63) is 0 Å². The van der Waals surface area contributed by atoms with Crippen LogP contribution in [0.3, 0.4) is 0 Å². The Morgan fingerprint density at radius 2 is 0.778 bits per heavy atom. The van der Waals surface area contributed by atoms with Crippen molar-refractivity contribution in [2.75, 3.05) is 12.3 Å². The lowest BCUT2D eigenvalue weighted by molar-refractivity contribution is 0.264. The quantitative estimate of drug-likeness (QED) is 0.405. The summed E-state index contributed by atoms with van der Waals surface area (Å²) in [5.74, 6) is 4.13. The molecule has 0 N–H and O–H groups in total. The van der Waals surface area contributed by atoms with E-state index in [9.17, 15) is 0 Å². The second kappa shape index (κ2) is 7.84. The van der Waals surface area contributed by atoms with E-state index >= 15 is 0 Å². The third-order valence-corrected chi connectivity index (χ3v) is 15.4. The number of rotatable bonds is 4. The first kappa shape index (κ1) is 24.1. The molecule has 27 heavy (non-hydrogen) atoms. The maximum atomic E-state index is 2.52. The van der Waals surface area contributed by atoms with Gasteiger partial charge in [-0.05, 0) is 75.9 Å². The summed E-state index contributed by atoms with van der Waals surface area (Å²) in [6.45, 7) is 30.2. The molecule has 2 fully saturated rings. The van der Waals surface area contributed by atoms with E-state index in [2.05, 4.69) is 83.1 Å². The zero-order valence-corrected chi connectivity index (χ0v) is 22.5. The van der Waals surface area contributed by atoms with Crippen LogP contribution in [-0.4, -0.2) is 32.9 Å².